The fourth-order valence-electron chi connectivity index (χ4n) is 1.83. The van der Waals surface area contributed by atoms with E-state index < -0.39 is 0 Å². The van der Waals surface area contributed by atoms with Crippen LogP contribution in [0.25, 0.3) is 0 Å². The number of carbonyl (C=O) groups is 1. The Morgan fingerprint density at radius 3 is 2.21 bits per heavy atom. The van der Waals surface area contributed by atoms with Crippen LogP contribution >= 0.6 is 15.9 Å². The van der Waals surface area contributed by atoms with Crippen LogP contribution in [0.1, 0.15) is 46.6 Å². The maximum Gasteiger partial charge on any atom is 0.235 e. The van der Waals surface area contributed by atoms with Crippen LogP contribution in [0.4, 0.5) is 0 Å². The van der Waals surface area contributed by atoms with Crippen LogP contribution in [-0.2, 0) is 10.3 Å². The van der Waals surface area contributed by atoms with Crippen molar-refractivity contribution in [1.29, 1.82) is 0 Å². The maximum absolute atomic E-state index is 12.4. The topological polar surface area (TPSA) is 29.1 Å². The molecule has 0 bridgehead atoms. The van der Waals surface area contributed by atoms with Crippen LogP contribution in [0.2, 0.25) is 0 Å². The monoisotopic (exact) mass is 325 g/mol. The average molecular weight is 326 g/mol. The van der Waals surface area contributed by atoms with E-state index in [4.69, 9.17) is 0 Å². The molecule has 2 nitrogen and oxygen atoms in total. The number of benzene rings is 1. The van der Waals surface area contributed by atoms with Gasteiger partial charge in [-0.3, -0.25) is 4.79 Å². The number of hydrogen-bond acceptors (Lipinski definition) is 1. The summed E-state index contributed by atoms with van der Waals surface area (Å²) in [6.45, 7) is 10.4. The highest BCUT2D eigenvalue weighted by molar-refractivity contribution is 9.10. The van der Waals surface area contributed by atoms with Gasteiger partial charge < -0.3 is 5.32 Å². The summed E-state index contributed by atoms with van der Waals surface area (Å²) in [6.07, 6.45) is 0.947. The molecule has 1 unspecified atom stereocenters. The van der Waals surface area contributed by atoms with Crippen molar-refractivity contribution in [3.05, 3.63) is 35.9 Å². The molecular formula is C16H24BrNO. The summed E-state index contributed by atoms with van der Waals surface area (Å²) in [6, 6.07) is 10.0. The van der Waals surface area contributed by atoms with Crippen molar-refractivity contribution in [3.63, 3.8) is 0 Å². The van der Waals surface area contributed by atoms with Crippen LogP contribution in [-0.4, -0.2) is 10.7 Å². The highest BCUT2D eigenvalue weighted by atomic mass is 79.9. The predicted octanol–water partition coefficient (Wildman–Crippen LogP) is 4.24. The molecule has 0 radical (unpaired) electrons. The second-order valence-electron chi connectivity index (χ2n) is 6.18. The Morgan fingerprint density at radius 1 is 1.21 bits per heavy atom. The second-order valence-corrected chi connectivity index (χ2v) is 7.10. The molecule has 0 aliphatic heterocycles. The van der Waals surface area contributed by atoms with E-state index in [1.165, 1.54) is 0 Å². The Balaban J connectivity index is 2.82. The maximum atomic E-state index is 12.4. The molecule has 19 heavy (non-hydrogen) atoms. The Hall–Kier alpha value is -0.830. The molecule has 0 saturated carbocycles. The molecule has 1 N–H and O–H groups in total. The predicted molar refractivity (Wildman–Crippen MR) is 84.4 cm³/mol. The van der Waals surface area contributed by atoms with Crippen molar-refractivity contribution >= 4 is 21.8 Å². The fraction of sp³-hybridized carbons (Fsp3) is 0.562. The van der Waals surface area contributed by atoms with E-state index in [2.05, 4.69) is 42.0 Å². The summed E-state index contributed by atoms with van der Waals surface area (Å²) >= 11 is 3.54. The van der Waals surface area contributed by atoms with E-state index in [0.29, 0.717) is 0 Å². The largest absolute Gasteiger partial charge is 0.346 e. The van der Waals surface area contributed by atoms with Crippen LogP contribution in [0, 0.1) is 5.41 Å². The van der Waals surface area contributed by atoms with Gasteiger partial charge in [0.25, 0.3) is 0 Å². The minimum atomic E-state index is -0.367. The lowest BCUT2D eigenvalue weighted by molar-refractivity contribution is -0.123. The molecule has 0 aliphatic carbocycles. The molecule has 0 aliphatic rings. The summed E-state index contributed by atoms with van der Waals surface area (Å²) in [4.78, 5) is 12.2. The van der Waals surface area contributed by atoms with Gasteiger partial charge in [0.15, 0.2) is 0 Å². The smallest absolute Gasteiger partial charge is 0.235 e. The molecule has 1 aromatic carbocycles. The van der Waals surface area contributed by atoms with Crippen molar-refractivity contribution in [1.82, 2.24) is 5.32 Å². The molecule has 0 aromatic heterocycles. The summed E-state index contributed by atoms with van der Waals surface area (Å²) < 4.78 is 0. The normalized spacial score (nSPS) is 14.0. The van der Waals surface area contributed by atoms with E-state index in [0.717, 1.165) is 12.0 Å². The molecule has 3 heteroatoms. The Bertz CT molecular complexity index is 426. The number of halogens is 1. The highest BCUT2D eigenvalue weighted by Gasteiger charge is 2.34. The summed E-state index contributed by atoms with van der Waals surface area (Å²) in [5, 5.41) is 3.13. The van der Waals surface area contributed by atoms with Crippen molar-refractivity contribution in [2.45, 2.75) is 51.4 Å². The number of alkyl halides is 1. The zero-order valence-electron chi connectivity index (χ0n) is 12.5. The molecule has 106 valence electrons. The van der Waals surface area contributed by atoms with Gasteiger partial charge in [-0.15, -0.1) is 0 Å². The van der Waals surface area contributed by atoms with Crippen molar-refractivity contribution in [2.24, 2.45) is 5.41 Å². The van der Waals surface area contributed by atoms with Gasteiger partial charge in [-0.2, -0.15) is 0 Å². The van der Waals surface area contributed by atoms with Crippen molar-refractivity contribution < 1.29 is 4.79 Å². The third-order valence-corrected chi connectivity index (χ3v) is 5.41. The van der Waals surface area contributed by atoms with E-state index >= 15 is 0 Å². The second kappa shape index (κ2) is 6.08. The van der Waals surface area contributed by atoms with Gasteiger partial charge in [-0.1, -0.05) is 67.0 Å². The van der Waals surface area contributed by atoms with Gasteiger partial charge in [-0.05, 0) is 31.2 Å². The van der Waals surface area contributed by atoms with Gasteiger partial charge in [0.1, 0.15) is 0 Å². The first-order valence-electron chi connectivity index (χ1n) is 6.72. The molecule has 0 fully saturated rings. The number of carbonyl (C=O) groups excluding carboxylic acids is 1. The number of amides is 1. The van der Waals surface area contributed by atoms with Gasteiger partial charge in [-0.25, -0.2) is 0 Å². The first-order chi connectivity index (χ1) is 8.70. The first kappa shape index (κ1) is 16.2. The summed E-state index contributed by atoms with van der Waals surface area (Å²) in [5.74, 6) is 0.0423. The van der Waals surface area contributed by atoms with Crippen LogP contribution in [0.5, 0.6) is 0 Å². The first-order valence-corrected chi connectivity index (χ1v) is 7.64. The number of nitrogens with one attached hydrogen (secondary N) is 1. The molecule has 1 aromatic rings. The average Bonchev–Trinajstić information content (AvgIpc) is 2.38. The van der Waals surface area contributed by atoms with E-state index in [1.54, 1.807) is 0 Å². The van der Waals surface area contributed by atoms with Gasteiger partial charge in [0.05, 0.1) is 10.4 Å². The molecule has 0 spiro atoms. The zero-order chi connectivity index (χ0) is 14.7. The molecule has 1 atom stereocenters. The third-order valence-electron chi connectivity index (χ3n) is 3.76. The molecule has 0 saturated heterocycles. The van der Waals surface area contributed by atoms with E-state index in [-0.39, 0.29) is 21.7 Å². The lowest BCUT2D eigenvalue weighted by atomic mass is 9.85. The van der Waals surface area contributed by atoms with Gasteiger partial charge in [0, 0.05) is 0 Å². The van der Waals surface area contributed by atoms with Gasteiger partial charge >= 0.3 is 0 Å². The van der Waals surface area contributed by atoms with Crippen LogP contribution in [0.15, 0.2) is 30.3 Å². The van der Waals surface area contributed by atoms with Crippen LogP contribution in [0.3, 0.4) is 0 Å². The Labute approximate surface area is 125 Å². The minimum absolute atomic E-state index is 0.0423. The fourth-order valence-corrected chi connectivity index (χ4v) is 2.27. The van der Waals surface area contributed by atoms with Crippen LogP contribution < -0.4 is 5.32 Å². The lowest BCUT2D eigenvalue weighted by Gasteiger charge is -2.33. The summed E-state index contributed by atoms with van der Waals surface area (Å²) in [5.41, 5.74) is 0.683. The van der Waals surface area contributed by atoms with Gasteiger partial charge in [0.2, 0.25) is 5.91 Å². The molecular weight excluding hydrogens is 302 g/mol. The van der Waals surface area contributed by atoms with E-state index in [9.17, 15) is 4.79 Å². The minimum Gasteiger partial charge on any atom is -0.346 e. The SMILES string of the molecule is CCC(C)(C)C(Br)C(=O)NC(C)(C)c1ccccc1. The Kier molecular flexibility index (Phi) is 5.19. The third kappa shape index (κ3) is 4.07. The highest BCUT2D eigenvalue weighted by Crippen LogP contribution is 2.31. The quantitative estimate of drug-likeness (QED) is 0.806. The lowest BCUT2D eigenvalue weighted by Crippen LogP contribution is -2.48. The Morgan fingerprint density at radius 2 is 1.74 bits per heavy atom. The van der Waals surface area contributed by atoms with Crippen molar-refractivity contribution in [3.8, 4) is 0 Å². The van der Waals surface area contributed by atoms with E-state index in [1.807, 2.05) is 44.2 Å². The summed E-state index contributed by atoms with van der Waals surface area (Å²) in [7, 11) is 0. The van der Waals surface area contributed by atoms with Crippen molar-refractivity contribution in [2.75, 3.05) is 0 Å². The zero-order valence-corrected chi connectivity index (χ0v) is 14.0. The molecule has 0 heterocycles. The molecule has 1 amide bonds. The number of rotatable bonds is 5. The standard InChI is InChI=1S/C16H24BrNO/c1-6-15(2,3)13(17)14(19)18-16(4,5)12-10-8-7-9-11-12/h7-11,13H,6H2,1-5H3,(H,18,19). The molecule has 1 rings (SSSR count). The number of hydrogen-bond donors (Lipinski definition) is 1.